The fraction of sp³-hybridized carbons (Fsp3) is 0.167. The van der Waals surface area contributed by atoms with Gasteiger partial charge in [-0.15, -0.1) is 0 Å². The van der Waals surface area contributed by atoms with Crippen LogP contribution in [0.15, 0.2) is 12.4 Å². The van der Waals surface area contributed by atoms with Gasteiger partial charge in [0.05, 0.1) is 29.3 Å². The number of hydrogen-bond acceptors (Lipinski definition) is 5. The number of fused-ring (bicyclic) bond motifs is 1. The second-order valence-electron chi connectivity index (χ2n) is 3.87. The third-order valence-electron chi connectivity index (χ3n) is 2.65. The Hall–Kier alpha value is -2.61. The van der Waals surface area contributed by atoms with Crippen molar-refractivity contribution in [1.82, 2.24) is 15.3 Å². The highest BCUT2D eigenvalue weighted by Gasteiger charge is 2.21. The van der Waals surface area contributed by atoms with Gasteiger partial charge in [0.2, 0.25) is 5.78 Å². The van der Waals surface area contributed by atoms with E-state index in [-0.39, 0.29) is 41.6 Å². The van der Waals surface area contributed by atoms with Crippen molar-refractivity contribution in [2.75, 3.05) is 13.2 Å². The maximum atomic E-state index is 13.7. The first-order valence-corrected chi connectivity index (χ1v) is 5.64. The zero-order chi connectivity index (χ0) is 14.7. The molecule has 0 aliphatic heterocycles. The van der Waals surface area contributed by atoms with E-state index in [4.69, 9.17) is 5.11 Å². The zero-order valence-electron chi connectivity index (χ0n) is 10.1. The summed E-state index contributed by atoms with van der Waals surface area (Å²) in [5, 5.41) is 10.8. The van der Waals surface area contributed by atoms with Crippen molar-refractivity contribution in [2.24, 2.45) is 0 Å². The van der Waals surface area contributed by atoms with Gasteiger partial charge in [-0.05, 0) is 0 Å². The van der Waals surface area contributed by atoms with Gasteiger partial charge >= 0.3 is 0 Å². The first kappa shape index (κ1) is 13.8. The summed E-state index contributed by atoms with van der Waals surface area (Å²) in [6.07, 6.45) is 2.01. The molecule has 2 heterocycles. The first-order valence-electron chi connectivity index (χ1n) is 5.64. The number of amides is 1. The minimum atomic E-state index is -0.900. The van der Waals surface area contributed by atoms with Gasteiger partial charge in [-0.25, -0.2) is 9.37 Å². The smallest absolute Gasteiger partial charge is 0.272 e. The molecule has 0 radical (unpaired) electrons. The van der Waals surface area contributed by atoms with Crippen LogP contribution in [0.5, 0.6) is 0 Å². The number of halogens is 1. The molecule has 7 nitrogen and oxygen atoms in total. The van der Waals surface area contributed by atoms with E-state index in [2.05, 4.69) is 15.3 Å². The minimum absolute atomic E-state index is 0.0141. The molecule has 2 aromatic heterocycles. The Morgan fingerprint density at radius 2 is 2.25 bits per heavy atom. The molecule has 1 amide bonds. The van der Waals surface area contributed by atoms with Crippen molar-refractivity contribution in [3.63, 3.8) is 0 Å². The highest BCUT2D eigenvalue weighted by molar-refractivity contribution is 6.36. The van der Waals surface area contributed by atoms with Crippen LogP contribution in [0.2, 0.25) is 0 Å². The van der Waals surface area contributed by atoms with Gasteiger partial charge in [-0.3, -0.25) is 14.4 Å². The van der Waals surface area contributed by atoms with Crippen LogP contribution in [0.1, 0.15) is 20.8 Å². The van der Waals surface area contributed by atoms with E-state index in [1.165, 1.54) is 0 Å². The number of pyridine rings is 1. The normalized spacial score (nSPS) is 10.5. The van der Waals surface area contributed by atoms with E-state index < -0.39 is 17.5 Å². The molecule has 0 unspecified atom stereocenters. The number of ketones is 1. The number of nitrogens with one attached hydrogen (secondary N) is 2. The summed E-state index contributed by atoms with van der Waals surface area (Å²) in [4.78, 5) is 39.9. The van der Waals surface area contributed by atoms with Gasteiger partial charge < -0.3 is 15.4 Å². The number of carbonyl (C=O) groups is 3. The maximum absolute atomic E-state index is 13.7. The molecular weight excluding hydrogens is 269 g/mol. The van der Waals surface area contributed by atoms with Crippen LogP contribution in [-0.2, 0) is 4.79 Å². The van der Waals surface area contributed by atoms with Gasteiger partial charge in [0.15, 0.2) is 17.8 Å². The SMILES string of the molecule is O=CC(=O)c1c[nH]c2c(C(=O)NCCO)ncc(F)c12. The van der Waals surface area contributed by atoms with E-state index in [0.29, 0.717) is 0 Å². The molecule has 0 saturated carbocycles. The molecule has 0 atom stereocenters. The third kappa shape index (κ3) is 2.28. The number of aliphatic hydroxyl groups excluding tert-OH is 1. The molecule has 2 aromatic rings. The second kappa shape index (κ2) is 5.57. The van der Waals surface area contributed by atoms with E-state index in [9.17, 15) is 18.8 Å². The highest BCUT2D eigenvalue weighted by Crippen LogP contribution is 2.23. The van der Waals surface area contributed by atoms with Crippen LogP contribution < -0.4 is 5.32 Å². The second-order valence-corrected chi connectivity index (χ2v) is 3.87. The van der Waals surface area contributed by atoms with E-state index in [1.807, 2.05) is 0 Å². The lowest BCUT2D eigenvalue weighted by Crippen LogP contribution is -2.27. The van der Waals surface area contributed by atoms with E-state index in [1.54, 1.807) is 0 Å². The maximum Gasteiger partial charge on any atom is 0.272 e. The summed E-state index contributed by atoms with van der Waals surface area (Å²) >= 11 is 0. The van der Waals surface area contributed by atoms with Crippen molar-refractivity contribution in [3.05, 3.63) is 29.5 Å². The van der Waals surface area contributed by atoms with Crippen LogP contribution in [-0.4, -0.2) is 46.2 Å². The Bertz CT molecular complexity index is 695. The molecular formula is C12H10FN3O4. The predicted molar refractivity (Wildman–Crippen MR) is 65.9 cm³/mol. The largest absolute Gasteiger partial charge is 0.395 e. The quantitative estimate of drug-likeness (QED) is 0.399. The number of nitrogens with zero attached hydrogens (tertiary/aromatic N) is 1. The van der Waals surface area contributed by atoms with Crippen molar-refractivity contribution in [2.45, 2.75) is 0 Å². The Balaban J connectivity index is 2.57. The number of aromatic amines is 1. The molecule has 104 valence electrons. The summed E-state index contributed by atoms with van der Waals surface area (Å²) in [7, 11) is 0. The minimum Gasteiger partial charge on any atom is -0.395 e. The number of H-pyrrole nitrogens is 1. The summed E-state index contributed by atoms with van der Waals surface area (Å²) in [5.41, 5.74) is -0.267. The number of aromatic nitrogens is 2. The average Bonchev–Trinajstić information content (AvgIpc) is 2.90. The molecule has 3 N–H and O–H groups in total. The standard InChI is InChI=1S/C12H10FN3O4/c13-7-4-16-11(12(20)14-1-2-17)10-9(7)6(3-15-10)8(19)5-18/h3-5,15,17H,1-2H2,(H,14,20). The van der Waals surface area contributed by atoms with Crippen LogP contribution in [0.25, 0.3) is 10.9 Å². The predicted octanol–water partition coefficient (Wildman–Crippen LogP) is -0.194. The molecule has 0 saturated heterocycles. The molecule has 8 heteroatoms. The van der Waals surface area contributed by atoms with Gasteiger partial charge in [0.25, 0.3) is 5.91 Å². The summed E-state index contributed by atoms with van der Waals surface area (Å²) in [5.74, 6) is -2.34. The lowest BCUT2D eigenvalue weighted by Gasteiger charge is -2.04. The van der Waals surface area contributed by atoms with Gasteiger partial charge in [0.1, 0.15) is 0 Å². The third-order valence-corrected chi connectivity index (χ3v) is 2.65. The monoisotopic (exact) mass is 279 g/mol. The Morgan fingerprint density at radius 3 is 2.90 bits per heavy atom. The van der Waals surface area contributed by atoms with Crippen LogP contribution >= 0.6 is 0 Å². The Kier molecular flexibility index (Phi) is 3.85. The van der Waals surface area contributed by atoms with Gasteiger partial charge in [-0.1, -0.05) is 0 Å². The summed E-state index contributed by atoms with van der Waals surface area (Å²) in [6, 6.07) is 0. The lowest BCUT2D eigenvalue weighted by molar-refractivity contribution is -0.104. The lowest BCUT2D eigenvalue weighted by atomic mass is 10.1. The van der Waals surface area contributed by atoms with Gasteiger partial charge in [-0.2, -0.15) is 0 Å². The Labute approximate surface area is 111 Å². The molecule has 20 heavy (non-hydrogen) atoms. The Morgan fingerprint density at radius 1 is 1.50 bits per heavy atom. The number of carbonyl (C=O) groups excluding carboxylic acids is 3. The number of rotatable bonds is 5. The molecule has 0 aliphatic rings. The molecule has 0 fully saturated rings. The van der Waals surface area contributed by atoms with E-state index >= 15 is 0 Å². The number of Topliss-reactive ketones (excluding diaryl/α,β-unsaturated/α-hetero) is 1. The number of hydrogen-bond donors (Lipinski definition) is 3. The van der Waals surface area contributed by atoms with Crippen LogP contribution in [0.3, 0.4) is 0 Å². The van der Waals surface area contributed by atoms with Crippen molar-refractivity contribution >= 4 is 28.9 Å². The topological polar surface area (TPSA) is 112 Å². The number of aldehydes is 1. The van der Waals surface area contributed by atoms with Crippen molar-refractivity contribution in [3.8, 4) is 0 Å². The number of aliphatic hydroxyl groups is 1. The van der Waals surface area contributed by atoms with E-state index in [0.717, 1.165) is 12.4 Å². The fourth-order valence-corrected chi connectivity index (χ4v) is 1.79. The molecule has 0 aliphatic carbocycles. The van der Waals surface area contributed by atoms with Gasteiger partial charge in [0, 0.05) is 12.7 Å². The van der Waals surface area contributed by atoms with Crippen molar-refractivity contribution in [1.29, 1.82) is 0 Å². The first-order chi connectivity index (χ1) is 9.60. The molecule has 0 aromatic carbocycles. The fourth-order valence-electron chi connectivity index (χ4n) is 1.79. The molecule has 0 spiro atoms. The summed E-state index contributed by atoms with van der Waals surface area (Å²) < 4.78 is 13.7. The molecule has 2 rings (SSSR count). The average molecular weight is 279 g/mol. The van der Waals surface area contributed by atoms with Crippen LogP contribution in [0, 0.1) is 5.82 Å². The zero-order valence-corrected chi connectivity index (χ0v) is 10.1. The highest BCUT2D eigenvalue weighted by atomic mass is 19.1. The summed E-state index contributed by atoms with van der Waals surface area (Å²) in [6.45, 7) is -0.240. The molecule has 0 bridgehead atoms. The van der Waals surface area contributed by atoms with Crippen molar-refractivity contribution < 1.29 is 23.9 Å². The van der Waals surface area contributed by atoms with Crippen LogP contribution in [0.4, 0.5) is 4.39 Å².